The highest BCUT2D eigenvalue weighted by Crippen LogP contribution is 2.34. The standard InChI is InChI=1S/C47H57Cl2N9O10/c48-31-14-12-15-32(49)41(31)44(64)54-33-27-52-56-42(33)45(65)53-29-21-25-57(26-22-29)39(62)18-8-4-2-6-9-23-50-36(59)17-7-3-1-5-10-24-51-38(61)28-68-35-16-11-13-30-40(35)47(67)58(46(30)66)34-19-20-37(60)55-43(34)63/h11-16,27,29,34H,1-10,17-26,28H2,(H,50,59)(H,51,61)(H,52,56)(H,53,65)(H,54,64)(H,55,60,63). The van der Waals surface area contributed by atoms with Crippen LogP contribution in [0.4, 0.5) is 5.69 Å². The lowest BCUT2D eigenvalue weighted by molar-refractivity contribution is -0.136. The number of ether oxygens (including phenoxy) is 1. The van der Waals surface area contributed by atoms with Gasteiger partial charge in [0.05, 0.1) is 38.6 Å². The van der Waals surface area contributed by atoms with Crippen LogP contribution in [0.25, 0.3) is 0 Å². The molecule has 4 heterocycles. The van der Waals surface area contributed by atoms with Crippen LogP contribution in [0.3, 0.4) is 0 Å². The molecular weight excluding hydrogens is 921 g/mol. The summed E-state index contributed by atoms with van der Waals surface area (Å²) in [5.74, 6) is -3.73. The van der Waals surface area contributed by atoms with E-state index < -0.39 is 41.5 Å². The zero-order chi connectivity index (χ0) is 48.6. The molecule has 6 rings (SSSR count). The Kier molecular flexibility index (Phi) is 18.9. The van der Waals surface area contributed by atoms with E-state index in [4.69, 9.17) is 27.9 Å². The van der Waals surface area contributed by atoms with Crippen LogP contribution in [0, 0.1) is 0 Å². The highest BCUT2D eigenvalue weighted by Gasteiger charge is 2.46. The molecule has 3 aliphatic rings. The monoisotopic (exact) mass is 977 g/mol. The minimum absolute atomic E-state index is 0.00824. The molecule has 2 saturated heterocycles. The molecule has 3 aromatic rings. The number of hydrogen-bond donors (Lipinski definition) is 6. The topological polar surface area (TPSA) is 258 Å². The van der Waals surface area contributed by atoms with E-state index in [1.54, 1.807) is 18.2 Å². The summed E-state index contributed by atoms with van der Waals surface area (Å²) < 4.78 is 5.62. The summed E-state index contributed by atoms with van der Waals surface area (Å²) in [5.41, 5.74) is 0.429. The quantitative estimate of drug-likeness (QED) is 0.0510. The molecule has 0 spiro atoms. The van der Waals surface area contributed by atoms with Gasteiger partial charge in [-0.3, -0.25) is 58.5 Å². The number of rotatable bonds is 24. The first-order valence-electron chi connectivity index (χ1n) is 23.2. The summed E-state index contributed by atoms with van der Waals surface area (Å²) in [7, 11) is 0. The first-order valence-corrected chi connectivity index (χ1v) is 24.0. The van der Waals surface area contributed by atoms with E-state index in [1.807, 2.05) is 4.90 Å². The van der Waals surface area contributed by atoms with Crippen molar-refractivity contribution in [3.63, 3.8) is 0 Å². The van der Waals surface area contributed by atoms with Crippen molar-refractivity contribution < 1.29 is 47.9 Å². The van der Waals surface area contributed by atoms with E-state index in [1.165, 1.54) is 24.4 Å². The van der Waals surface area contributed by atoms with Gasteiger partial charge in [0, 0.05) is 51.5 Å². The van der Waals surface area contributed by atoms with Crippen LogP contribution in [0.1, 0.15) is 144 Å². The van der Waals surface area contributed by atoms with E-state index in [2.05, 4.69) is 36.8 Å². The van der Waals surface area contributed by atoms with Gasteiger partial charge in [-0.15, -0.1) is 0 Å². The molecule has 364 valence electrons. The Morgan fingerprint density at radius 2 is 1.37 bits per heavy atom. The smallest absolute Gasteiger partial charge is 0.271 e. The Balaban J connectivity index is 0.728. The highest BCUT2D eigenvalue weighted by atomic mass is 35.5. The number of anilines is 1. The second-order valence-corrected chi connectivity index (χ2v) is 17.8. The number of carbonyl (C=O) groups is 9. The van der Waals surface area contributed by atoms with Gasteiger partial charge in [-0.25, -0.2) is 0 Å². The molecule has 68 heavy (non-hydrogen) atoms. The van der Waals surface area contributed by atoms with E-state index in [0.29, 0.717) is 51.9 Å². The maximum Gasteiger partial charge on any atom is 0.271 e. The number of benzene rings is 2. The highest BCUT2D eigenvalue weighted by molar-refractivity contribution is 6.40. The van der Waals surface area contributed by atoms with E-state index >= 15 is 0 Å². The molecule has 1 aromatic heterocycles. The third kappa shape index (κ3) is 13.9. The van der Waals surface area contributed by atoms with Crippen LogP contribution in [-0.2, 0) is 24.0 Å². The van der Waals surface area contributed by atoms with Crippen LogP contribution >= 0.6 is 23.2 Å². The van der Waals surface area contributed by atoms with Crippen LogP contribution in [0.2, 0.25) is 10.0 Å². The Morgan fingerprint density at radius 1 is 0.735 bits per heavy atom. The second kappa shape index (κ2) is 25.1. The number of amides is 9. The van der Waals surface area contributed by atoms with Crippen molar-refractivity contribution in [2.24, 2.45) is 0 Å². The Morgan fingerprint density at radius 3 is 2.06 bits per heavy atom. The lowest BCUT2D eigenvalue weighted by Crippen LogP contribution is -2.54. The first-order chi connectivity index (χ1) is 32.8. The Bertz CT molecular complexity index is 2350. The number of H-pyrrole nitrogens is 1. The number of likely N-dealkylation sites (tertiary alicyclic amines) is 1. The number of imide groups is 2. The zero-order valence-electron chi connectivity index (χ0n) is 37.7. The van der Waals surface area contributed by atoms with Crippen LogP contribution < -0.4 is 31.3 Å². The van der Waals surface area contributed by atoms with Gasteiger partial charge >= 0.3 is 0 Å². The maximum absolute atomic E-state index is 13.2. The predicted octanol–water partition coefficient (Wildman–Crippen LogP) is 5.08. The van der Waals surface area contributed by atoms with Gasteiger partial charge in [0.2, 0.25) is 23.6 Å². The minimum atomic E-state index is -1.10. The summed E-state index contributed by atoms with van der Waals surface area (Å²) >= 11 is 12.3. The van der Waals surface area contributed by atoms with E-state index in [-0.39, 0.29) is 87.1 Å². The number of halogens is 2. The van der Waals surface area contributed by atoms with Crippen LogP contribution in [0.5, 0.6) is 5.75 Å². The van der Waals surface area contributed by atoms with Crippen LogP contribution in [0.15, 0.2) is 42.6 Å². The number of aromatic amines is 1. The third-order valence-corrected chi connectivity index (χ3v) is 12.7. The third-order valence-electron chi connectivity index (χ3n) is 12.1. The zero-order valence-corrected chi connectivity index (χ0v) is 39.2. The van der Waals surface area contributed by atoms with Crippen molar-refractivity contribution in [3.05, 3.63) is 75.0 Å². The Hall–Kier alpha value is -6.34. The lowest BCUT2D eigenvalue weighted by atomic mass is 10.0. The Labute approximate surface area is 403 Å². The molecule has 19 nitrogen and oxygen atoms in total. The SMILES string of the molecule is O=C(CCCCCCCNC(=O)COc1cccc2c1C(=O)N(C1CCC(=O)NC1=O)C2=O)NCCCCCCCC(=O)N1CCC(NC(=O)c2[nH]ncc2NC(=O)c2c(Cl)cccc2Cl)CC1. The van der Waals surface area contributed by atoms with Crippen molar-refractivity contribution in [1.29, 1.82) is 0 Å². The fraction of sp³-hybridized carbons (Fsp3) is 0.489. The lowest BCUT2D eigenvalue weighted by Gasteiger charge is -2.32. The summed E-state index contributed by atoms with van der Waals surface area (Å²) in [5, 5.41) is 20.4. The van der Waals surface area contributed by atoms with Crippen molar-refractivity contribution in [2.75, 3.05) is 38.1 Å². The van der Waals surface area contributed by atoms with Crippen molar-refractivity contribution in [2.45, 2.75) is 115 Å². The summed E-state index contributed by atoms with van der Waals surface area (Å²) in [4.78, 5) is 116. The summed E-state index contributed by atoms with van der Waals surface area (Å²) in [6, 6.07) is 7.94. The molecule has 21 heteroatoms. The molecule has 0 aliphatic carbocycles. The molecule has 0 saturated carbocycles. The van der Waals surface area contributed by atoms with Gasteiger partial charge in [-0.1, -0.05) is 73.9 Å². The summed E-state index contributed by atoms with van der Waals surface area (Å²) in [6.07, 6.45) is 12.2. The molecule has 2 fully saturated rings. The molecule has 0 bridgehead atoms. The fourth-order valence-electron chi connectivity index (χ4n) is 8.36. The number of nitrogens with one attached hydrogen (secondary N) is 6. The first kappa shape index (κ1) is 51.1. The van der Waals surface area contributed by atoms with Crippen LogP contribution in [-0.4, -0.2) is 118 Å². The molecule has 1 unspecified atom stereocenters. The minimum Gasteiger partial charge on any atom is -0.483 e. The van der Waals surface area contributed by atoms with E-state index in [9.17, 15) is 43.2 Å². The number of unbranched alkanes of at least 4 members (excludes halogenated alkanes) is 8. The summed E-state index contributed by atoms with van der Waals surface area (Å²) in [6.45, 7) is 1.74. The number of carbonyl (C=O) groups excluding carboxylic acids is 9. The normalized spacial score (nSPS) is 16.0. The number of fused-ring (bicyclic) bond motifs is 1. The molecule has 6 N–H and O–H groups in total. The molecular formula is C47H57Cl2N9O10. The van der Waals surface area contributed by atoms with Gasteiger partial charge < -0.3 is 30.9 Å². The number of nitrogens with zero attached hydrogens (tertiary/aromatic N) is 3. The van der Waals surface area contributed by atoms with Gasteiger partial charge in [0.15, 0.2) is 6.61 Å². The predicted molar refractivity (Wildman–Crippen MR) is 250 cm³/mol. The average molecular weight is 979 g/mol. The van der Waals surface area contributed by atoms with Gasteiger partial charge in [0.1, 0.15) is 17.5 Å². The molecule has 2 aromatic carbocycles. The molecule has 1 atom stereocenters. The molecule has 0 radical (unpaired) electrons. The molecule has 3 aliphatic heterocycles. The van der Waals surface area contributed by atoms with Gasteiger partial charge in [-0.05, 0) is 69.2 Å². The maximum atomic E-state index is 13.2. The fourth-order valence-corrected chi connectivity index (χ4v) is 8.93. The molecule has 9 amide bonds. The number of piperidine rings is 2. The number of hydrogen-bond acceptors (Lipinski definition) is 11. The van der Waals surface area contributed by atoms with Crippen molar-refractivity contribution >= 4 is 82.1 Å². The van der Waals surface area contributed by atoms with E-state index in [0.717, 1.165) is 69.1 Å². The van der Waals surface area contributed by atoms with Gasteiger partial charge in [0.25, 0.3) is 29.5 Å². The average Bonchev–Trinajstić information content (AvgIpc) is 3.88. The van der Waals surface area contributed by atoms with Crippen molar-refractivity contribution in [1.82, 2.24) is 41.3 Å². The number of aromatic nitrogens is 2. The second-order valence-electron chi connectivity index (χ2n) is 17.0. The van der Waals surface area contributed by atoms with Gasteiger partial charge in [-0.2, -0.15) is 5.10 Å². The van der Waals surface area contributed by atoms with Crippen molar-refractivity contribution in [3.8, 4) is 5.75 Å². The largest absolute Gasteiger partial charge is 0.483 e.